The molecule has 6 nitrogen and oxygen atoms in total. The van der Waals surface area contributed by atoms with E-state index in [-0.39, 0.29) is 46.4 Å². The summed E-state index contributed by atoms with van der Waals surface area (Å²) in [7, 11) is 0. The topological polar surface area (TPSA) is 84.5 Å². The first kappa shape index (κ1) is 19.2. The van der Waals surface area contributed by atoms with Crippen LogP contribution < -0.4 is 10.6 Å². The first-order valence-corrected chi connectivity index (χ1v) is 10.7. The number of halogens is 2. The molecule has 3 fully saturated rings. The van der Waals surface area contributed by atoms with Gasteiger partial charge in [-0.05, 0) is 54.8 Å². The summed E-state index contributed by atoms with van der Waals surface area (Å²) in [5.74, 6) is -1.97. The van der Waals surface area contributed by atoms with Crippen LogP contribution in [0.1, 0.15) is 16.8 Å². The van der Waals surface area contributed by atoms with Gasteiger partial charge in [0.05, 0.1) is 16.7 Å². The molecule has 2 aromatic carbocycles. The number of hydrogen-bond donors (Lipinski definition) is 2. The Bertz CT molecular complexity index is 1040. The summed E-state index contributed by atoms with van der Waals surface area (Å²) in [6, 6.07) is 12.0. The van der Waals surface area contributed by atoms with Crippen LogP contribution in [-0.2, 0) is 14.3 Å². The van der Waals surface area contributed by atoms with E-state index in [4.69, 9.17) is 4.74 Å². The van der Waals surface area contributed by atoms with Gasteiger partial charge in [0, 0.05) is 22.9 Å². The second-order valence-electron chi connectivity index (χ2n) is 7.99. The number of benzene rings is 2. The quantitative estimate of drug-likeness (QED) is 0.525. The lowest BCUT2D eigenvalue weighted by Crippen LogP contribution is -2.40. The number of carbonyl (C=O) groups excluding carboxylic acids is 3. The van der Waals surface area contributed by atoms with Crippen LogP contribution in [-0.4, -0.2) is 28.7 Å². The Kier molecular flexibility index (Phi) is 4.61. The normalized spacial score (nSPS) is 30.8. The molecule has 1 saturated heterocycles. The van der Waals surface area contributed by atoms with E-state index in [1.807, 2.05) is 0 Å². The molecule has 6 atom stereocenters. The van der Waals surface area contributed by atoms with Crippen molar-refractivity contribution < 1.29 is 23.5 Å². The van der Waals surface area contributed by atoms with E-state index in [9.17, 15) is 18.8 Å². The number of fused-ring (bicyclic) bond motifs is 1. The molecule has 2 aromatic rings. The minimum atomic E-state index is -0.442. The molecule has 0 aromatic heterocycles. The lowest BCUT2D eigenvalue weighted by Gasteiger charge is -2.27. The molecular weight excluding hydrogens is 455 g/mol. The van der Waals surface area contributed by atoms with Gasteiger partial charge in [0.15, 0.2) is 0 Å². The van der Waals surface area contributed by atoms with Gasteiger partial charge < -0.3 is 15.4 Å². The van der Waals surface area contributed by atoms with Crippen molar-refractivity contribution in [1.29, 1.82) is 0 Å². The number of nitrogens with one attached hydrogen (secondary N) is 2. The van der Waals surface area contributed by atoms with E-state index < -0.39 is 11.8 Å². The minimum Gasteiger partial charge on any atom is -0.461 e. The van der Waals surface area contributed by atoms with Crippen molar-refractivity contribution in [2.75, 3.05) is 10.6 Å². The highest BCUT2D eigenvalue weighted by Crippen LogP contribution is 2.60. The number of esters is 1. The van der Waals surface area contributed by atoms with Gasteiger partial charge in [0.25, 0.3) is 5.91 Å². The minimum absolute atomic E-state index is 0.00577. The Morgan fingerprint density at radius 2 is 1.80 bits per heavy atom. The van der Waals surface area contributed by atoms with Gasteiger partial charge in [-0.15, -0.1) is 0 Å². The van der Waals surface area contributed by atoms with E-state index in [0.29, 0.717) is 16.9 Å². The first-order chi connectivity index (χ1) is 14.4. The summed E-state index contributed by atoms with van der Waals surface area (Å²) in [6.45, 7) is 0. The van der Waals surface area contributed by atoms with Crippen LogP contribution in [0.4, 0.5) is 15.8 Å². The van der Waals surface area contributed by atoms with Gasteiger partial charge in [-0.2, -0.15) is 0 Å². The molecule has 2 amide bonds. The van der Waals surface area contributed by atoms with E-state index in [1.54, 1.807) is 24.3 Å². The maximum absolute atomic E-state index is 13.0. The van der Waals surface area contributed by atoms with Gasteiger partial charge in [-0.3, -0.25) is 14.4 Å². The van der Waals surface area contributed by atoms with E-state index >= 15 is 0 Å². The third kappa shape index (κ3) is 3.10. The van der Waals surface area contributed by atoms with Crippen LogP contribution in [0.25, 0.3) is 0 Å². The molecule has 0 spiro atoms. The van der Waals surface area contributed by atoms with Crippen molar-refractivity contribution in [3.8, 4) is 0 Å². The molecule has 2 saturated carbocycles. The van der Waals surface area contributed by atoms with Gasteiger partial charge in [-0.25, -0.2) is 4.39 Å². The van der Waals surface area contributed by atoms with Crippen LogP contribution in [0.2, 0.25) is 0 Å². The van der Waals surface area contributed by atoms with Crippen LogP contribution >= 0.6 is 15.9 Å². The third-order valence-electron chi connectivity index (χ3n) is 6.32. The van der Waals surface area contributed by atoms with Gasteiger partial charge in [0.1, 0.15) is 11.9 Å². The van der Waals surface area contributed by atoms with Crippen LogP contribution in [0.15, 0.2) is 48.5 Å². The number of hydrogen-bond acceptors (Lipinski definition) is 4. The van der Waals surface area contributed by atoms with Crippen molar-refractivity contribution in [3.63, 3.8) is 0 Å². The maximum Gasteiger partial charge on any atom is 0.310 e. The zero-order chi connectivity index (χ0) is 21.0. The Morgan fingerprint density at radius 3 is 2.57 bits per heavy atom. The highest BCUT2D eigenvalue weighted by atomic mass is 79.9. The number of alkyl halides is 1. The number of ether oxygens (including phenoxy) is 1. The average Bonchev–Trinajstić information content (AvgIpc) is 3.34. The largest absolute Gasteiger partial charge is 0.461 e. The average molecular weight is 473 g/mol. The summed E-state index contributed by atoms with van der Waals surface area (Å²) in [4.78, 5) is 37.8. The first-order valence-electron chi connectivity index (χ1n) is 9.75. The fraction of sp³-hybridized carbons (Fsp3) is 0.318. The Balaban J connectivity index is 1.30. The second kappa shape index (κ2) is 7.19. The summed E-state index contributed by atoms with van der Waals surface area (Å²) in [6.07, 6.45) is 0.671. The monoisotopic (exact) mass is 472 g/mol. The summed E-state index contributed by atoms with van der Waals surface area (Å²) >= 11 is 3.60. The zero-order valence-corrected chi connectivity index (χ0v) is 17.3. The Hall–Kier alpha value is -2.74. The molecule has 8 heteroatoms. The van der Waals surface area contributed by atoms with E-state index in [1.165, 1.54) is 24.3 Å². The molecular formula is C22H18BrFN2O4. The molecule has 2 bridgehead atoms. The van der Waals surface area contributed by atoms with Crippen LogP contribution in [0, 0.1) is 29.5 Å². The molecule has 1 heterocycles. The zero-order valence-electron chi connectivity index (χ0n) is 15.7. The molecule has 2 N–H and O–H groups in total. The van der Waals surface area contributed by atoms with Crippen molar-refractivity contribution in [1.82, 2.24) is 0 Å². The summed E-state index contributed by atoms with van der Waals surface area (Å²) in [5, 5.41) is 5.55. The predicted molar refractivity (Wildman–Crippen MR) is 111 cm³/mol. The number of rotatable bonds is 4. The maximum atomic E-state index is 13.0. The SMILES string of the molecule is O=C(Nc1ccc(F)cc1)c1cccc(NC(=O)[C@@H]2[C@H]3C[C@H]4[C@H](OC(=O)[C@@H]42)[C@H]3Br)c1. The smallest absolute Gasteiger partial charge is 0.310 e. The van der Waals surface area contributed by atoms with Gasteiger partial charge in [-0.1, -0.05) is 22.0 Å². The van der Waals surface area contributed by atoms with E-state index in [0.717, 1.165) is 6.42 Å². The fourth-order valence-electron chi connectivity index (χ4n) is 5.03. The number of carbonyl (C=O) groups is 3. The van der Waals surface area contributed by atoms with Gasteiger partial charge in [0.2, 0.25) is 5.91 Å². The lowest BCUT2D eigenvalue weighted by atomic mass is 9.79. The van der Waals surface area contributed by atoms with Crippen molar-refractivity contribution in [2.45, 2.75) is 17.4 Å². The fourth-order valence-corrected chi connectivity index (χ4v) is 6.08. The molecule has 1 aliphatic heterocycles. The van der Waals surface area contributed by atoms with Crippen molar-refractivity contribution >= 4 is 45.1 Å². The molecule has 0 unspecified atom stereocenters. The molecule has 0 radical (unpaired) electrons. The Morgan fingerprint density at radius 1 is 1.03 bits per heavy atom. The molecule has 154 valence electrons. The second-order valence-corrected chi connectivity index (χ2v) is 9.05. The number of anilines is 2. The number of amides is 2. The summed E-state index contributed by atoms with van der Waals surface area (Å²) in [5.41, 5.74) is 1.29. The highest BCUT2D eigenvalue weighted by molar-refractivity contribution is 9.09. The Labute approximate surface area is 180 Å². The van der Waals surface area contributed by atoms with Crippen molar-refractivity contribution in [3.05, 3.63) is 59.9 Å². The standard InChI is InChI=1S/C22H18BrFN2O4/c23-18-14-9-15-17(22(29)30-19(15)18)16(14)21(28)26-13-3-1-2-10(8-13)20(27)25-12-6-4-11(24)5-7-12/h1-8,14-19H,9H2,(H,25,27)(H,26,28)/t14-,15-,16-,17+,18+,19+/m1/s1. The molecule has 5 rings (SSSR count). The highest BCUT2D eigenvalue weighted by Gasteiger charge is 2.67. The summed E-state index contributed by atoms with van der Waals surface area (Å²) < 4.78 is 18.5. The van der Waals surface area contributed by atoms with Crippen LogP contribution in [0.3, 0.4) is 0 Å². The lowest BCUT2D eigenvalue weighted by molar-refractivity contribution is -0.145. The third-order valence-corrected chi connectivity index (χ3v) is 7.52. The molecule has 3 aliphatic rings. The predicted octanol–water partition coefficient (Wildman–Crippen LogP) is 3.59. The van der Waals surface area contributed by atoms with Gasteiger partial charge >= 0.3 is 5.97 Å². The molecule has 30 heavy (non-hydrogen) atoms. The molecule has 2 aliphatic carbocycles. The van der Waals surface area contributed by atoms with Crippen molar-refractivity contribution in [2.24, 2.45) is 23.7 Å². The van der Waals surface area contributed by atoms with Crippen LogP contribution in [0.5, 0.6) is 0 Å². The van der Waals surface area contributed by atoms with E-state index in [2.05, 4.69) is 26.6 Å².